The average Bonchev–Trinajstić information content (AvgIpc) is 2.76. The second-order valence-corrected chi connectivity index (χ2v) is 6.46. The van der Waals surface area contributed by atoms with Gasteiger partial charge >= 0.3 is 16.4 Å². The Morgan fingerprint density at radius 3 is 2.71 bits per heavy atom. The molecule has 0 amide bonds. The lowest BCUT2D eigenvalue weighted by atomic mass is 10.2. The molecular weight excluding hydrogens is 288 g/mol. The number of rotatable bonds is 6. The summed E-state index contributed by atoms with van der Waals surface area (Å²) in [5.41, 5.74) is 0.224. The van der Waals surface area contributed by atoms with Crippen LogP contribution in [0, 0.1) is 5.92 Å². The van der Waals surface area contributed by atoms with E-state index in [9.17, 15) is 9.59 Å². The zero-order valence-corrected chi connectivity index (χ0v) is 13.4. The predicted molar refractivity (Wildman–Crippen MR) is 84.7 cm³/mol. The van der Waals surface area contributed by atoms with Crippen molar-refractivity contribution in [2.45, 2.75) is 32.0 Å². The van der Waals surface area contributed by atoms with E-state index in [0.717, 1.165) is 17.3 Å². The van der Waals surface area contributed by atoms with Crippen LogP contribution in [0.15, 0.2) is 27.4 Å². The van der Waals surface area contributed by atoms with Gasteiger partial charge in [0.25, 0.3) is 11.2 Å². The Bertz CT molecular complexity index is 770. The fraction of sp³-hybridized carbons (Fsp3) is 0.500. The van der Waals surface area contributed by atoms with Gasteiger partial charge in [-0.1, -0.05) is 26.5 Å². The standard InChI is InChI=1S/C14H20N4O2S/c1-5-7-18-10-11(17(4)13(20)16-12(10)19)15-14(18)21-8-6-9(2)3/h5,9H,1,6-8H2,2-4H3,(H,16,19,20)/p+1. The Kier molecular flexibility index (Phi) is 4.72. The molecule has 2 heterocycles. The lowest BCUT2D eigenvalue weighted by Crippen LogP contribution is -2.40. The van der Waals surface area contributed by atoms with Gasteiger partial charge in [-0.2, -0.15) is 0 Å². The second-order valence-electron chi connectivity index (χ2n) is 5.38. The molecule has 6 nitrogen and oxygen atoms in total. The molecule has 0 aromatic carbocycles. The molecule has 2 rings (SSSR count). The number of imidazole rings is 1. The van der Waals surface area contributed by atoms with E-state index in [-0.39, 0.29) is 5.56 Å². The maximum absolute atomic E-state index is 12.1. The van der Waals surface area contributed by atoms with Crippen LogP contribution in [0.25, 0.3) is 11.2 Å². The van der Waals surface area contributed by atoms with Gasteiger partial charge < -0.3 is 0 Å². The Labute approximate surface area is 126 Å². The van der Waals surface area contributed by atoms with Gasteiger partial charge in [-0.15, -0.1) is 0 Å². The number of thioether (sulfide) groups is 1. The summed E-state index contributed by atoms with van der Waals surface area (Å²) >= 11 is 1.66. The molecular formula is C14H21N4O2S+. The van der Waals surface area contributed by atoms with Crippen molar-refractivity contribution in [1.29, 1.82) is 0 Å². The van der Waals surface area contributed by atoms with Crippen molar-refractivity contribution < 1.29 is 4.57 Å². The van der Waals surface area contributed by atoms with Crippen molar-refractivity contribution >= 4 is 22.9 Å². The molecule has 0 atom stereocenters. The van der Waals surface area contributed by atoms with Crippen molar-refractivity contribution in [3.05, 3.63) is 33.5 Å². The molecule has 21 heavy (non-hydrogen) atoms. The van der Waals surface area contributed by atoms with Gasteiger partial charge in [-0.3, -0.25) is 14.3 Å². The van der Waals surface area contributed by atoms with Gasteiger partial charge in [0.2, 0.25) is 0 Å². The van der Waals surface area contributed by atoms with E-state index in [1.54, 1.807) is 24.9 Å². The molecule has 0 radical (unpaired) electrons. The first-order valence-electron chi connectivity index (χ1n) is 6.94. The Morgan fingerprint density at radius 2 is 2.10 bits per heavy atom. The zero-order chi connectivity index (χ0) is 15.6. The number of aromatic amines is 2. The van der Waals surface area contributed by atoms with Crippen LogP contribution < -0.4 is 15.8 Å². The maximum atomic E-state index is 12.1. The third-order valence-corrected chi connectivity index (χ3v) is 4.32. The number of fused-ring (bicyclic) bond motifs is 1. The summed E-state index contributed by atoms with van der Waals surface area (Å²) in [6.45, 7) is 8.61. The van der Waals surface area contributed by atoms with E-state index in [1.807, 2.05) is 4.57 Å². The third-order valence-electron chi connectivity index (χ3n) is 3.29. The first-order chi connectivity index (χ1) is 9.95. The van der Waals surface area contributed by atoms with E-state index in [4.69, 9.17) is 0 Å². The van der Waals surface area contributed by atoms with Crippen LogP contribution in [-0.2, 0) is 13.6 Å². The van der Waals surface area contributed by atoms with Gasteiger partial charge in [-0.05, 0) is 24.1 Å². The highest BCUT2D eigenvalue weighted by atomic mass is 32.2. The minimum absolute atomic E-state index is 0.373. The first kappa shape index (κ1) is 15.6. The van der Waals surface area contributed by atoms with Crippen molar-refractivity contribution in [2.75, 3.05) is 5.75 Å². The van der Waals surface area contributed by atoms with Crippen LogP contribution in [-0.4, -0.2) is 20.3 Å². The van der Waals surface area contributed by atoms with E-state index < -0.39 is 5.69 Å². The number of hydrogen-bond donors (Lipinski definition) is 2. The third kappa shape index (κ3) is 3.12. The topological polar surface area (TPSA) is 74.5 Å². The minimum Gasteiger partial charge on any atom is -0.270 e. The monoisotopic (exact) mass is 309 g/mol. The van der Waals surface area contributed by atoms with Crippen molar-refractivity contribution in [3.63, 3.8) is 0 Å². The summed E-state index contributed by atoms with van der Waals surface area (Å²) in [7, 11) is 1.64. The Morgan fingerprint density at radius 1 is 1.38 bits per heavy atom. The second kappa shape index (κ2) is 6.34. The maximum Gasteiger partial charge on any atom is 0.331 e. The number of H-pyrrole nitrogens is 2. The van der Waals surface area contributed by atoms with Crippen LogP contribution in [0.3, 0.4) is 0 Å². The van der Waals surface area contributed by atoms with Crippen LogP contribution in [0.5, 0.6) is 0 Å². The molecule has 114 valence electrons. The highest BCUT2D eigenvalue weighted by Crippen LogP contribution is 2.18. The Balaban J connectivity index is 2.54. The fourth-order valence-electron chi connectivity index (χ4n) is 2.08. The van der Waals surface area contributed by atoms with Gasteiger partial charge in [-0.25, -0.2) is 14.3 Å². The highest BCUT2D eigenvalue weighted by Gasteiger charge is 2.23. The summed E-state index contributed by atoms with van der Waals surface area (Å²) in [5, 5.41) is 0.872. The summed E-state index contributed by atoms with van der Waals surface area (Å²) in [6.07, 6.45) is 2.83. The highest BCUT2D eigenvalue weighted by molar-refractivity contribution is 7.99. The summed E-state index contributed by atoms with van der Waals surface area (Å²) < 4.78 is 3.29. The van der Waals surface area contributed by atoms with Gasteiger partial charge in [0.1, 0.15) is 6.54 Å². The molecule has 2 N–H and O–H groups in total. The number of aryl methyl sites for hydroxylation is 1. The number of nitrogens with zero attached hydrogens (tertiary/aromatic N) is 2. The predicted octanol–water partition coefficient (Wildman–Crippen LogP) is 1.17. The first-order valence-corrected chi connectivity index (χ1v) is 7.92. The molecule has 7 heteroatoms. The molecule has 0 unspecified atom stereocenters. The van der Waals surface area contributed by atoms with Crippen molar-refractivity contribution in [2.24, 2.45) is 13.0 Å². The van der Waals surface area contributed by atoms with Crippen molar-refractivity contribution in [1.82, 2.24) is 14.5 Å². The van der Waals surface area contributed by atoms with Crippen LogP contribution >= 0.6 is 11.8 Å². The molecule has 0 saturated heterocycles. The Hall–Kier alpha value is -1.76. The number of aromatic nitrogens is 4. The van der Waals surface area contributed by atoms with Crippen LogP contribution in [0.2, 0.25) is 0 Å². The van der Waals surface area contributed by atoms with E-state index in [0.29, 0.717) is 23.6 Å². The normalized spacial score (nSPS) is 11.4. The smallest absolute Gasteiger partial charge is 0.270 e. The molecule has 0 fully saturated rings. The van der Waals surface area contributed by atoms with Crippen molar-refractivity contribution in [3.8, 4) is 0 Å². The average molecular weight is 309 g/mol. The summed E-state index contributed by atoms with van der Waals surface area (Å²) in [5.74, 6) is 1.58. The van der Waals surface area contributed by atoms with E-state index in [2.05, 4.69) is 30.4 Å². The van der Waals surface area contributed by atoms with Gasteiger partial charge in [0.15, 0.2) is 0 Å². The quantitative estimate of drug-likeness (QED) is 0.478. The molecule has 0 spiro atoms. The number of nitrogens with one attached hydrogen (secondary N) is 2. The van der Waals surface area contributed by atoms with E-state index in [1.165, 1.54) is 4.57 Å². The lowest BCUT2D eigenvalue weighted by molar-refractivity contribution is -0.699. The molecule has 0 aliphatic heterocycles. The van der Waals surface area contributed by atoms with Gasteiger partial charge in [0, 0.05) is 12.8 Å². The number of allylic oxidation sites excluding steroid dienone is 1. The summed E-state index contributed by atoms with van der Waals surface area (Å²) in [4.78, 5) is 29.3. The molecule has 0 aliphatic carbocycles. The van der Waals surface area contributed by atoms with E-state index >= 15 is 0 Å². The summed E-state index contributed by atoms with van der Waals surface area (Å²) in [6, 6.07) is 0. The molecule has 0 bridgehead atoms. The van der Waals surface area contributed by atoms with Crippen LogP contribution in [0.4, 0.5) is 0 Å². The molecule has 0 saturated carbocycles. The molecule has 0 aliphatic rings. The number of hydrogen-bond acceptors (Lipinski definition) is 3. The SMILES string of the molecule is C=CC[n+]1c(SCCC(C)C)[nH]c2c1c(=O)[nH]c(=O)n2C. The van der Waals surface area contributed by atoms with Crippen LogP contribution in [0.1, 0.15) is 20.3 Å². The zero-order valence-electron chi connectivity index (χ0n) is 12.6. The molecule has 2 aromatic rings. The minimum atomic E-state index is -0.418. The van der Waals surface area contributed by atoms with Gasteiger partial charge in [0.05, 0.1) is 0 Å². The lowest BCUT2D eigenvalue weighted by Gasteiger charge is -2.01. The molecule has 2 aromatic heterocycles. The fourth-order valence-corrected chi connectivity index (χ4v) is 3.35. The largest absolute Gasteiger partial charge is 0.331 e.